The van der Waals surface area contributed by atoms with Crippen LogP contribution in [0.4, 0.5) is 0 Å². The summed E-state index contributed by atoms with van der Waals surface area (Å²) in [7, 11) is 1.48. The van der Waals surface area contributed by atoms with Gasteiger partial charge in [-0.3, -0.25) is 19.2 Å². The van der Waals surface area contributed by atoms with E-state index in [4.69, 9.17) is 10.8 Å². The zero-order valence-electron chi connectivity index (χ0n) is 14.0. The van der Waals surface area contributed by atoms with Crippen LogP contribution in [0.25, 0.3) is 0 Å². The summed E-state index contributed by atoms with van der Waals surface area (Å²) in [5, 5.41) is 9.09. The Kier molecular flexibility index (Phi) is 5.74. The number of amides is 3. The van der Waals surface area contributed by atoms with E-state index in [0.717, 1.165) is 0 Å². The Bertz CT molecular complexity index is 703. The largest absolute Gasteiger partial charge is 0.481 e. The number of likely N-dealkylation sites (N-methyl/N-ethyl adjacent to an activating group) is 1. The molecule has 0 aromatic heterocycles. The van der Waals surface area contributed by atoms with Gasteiger partial charge in [0.05, 0.1) is 12.5 Å². The van der Waals surface area contributed by atoms with Crippen molar-refractivity contribution >= 4 is 23.7 Å². The lowest BCUT2D eigenvalue weighted by atomic mass is 9.98. The van der Waals surface area contributed by atoms with Crippen LogP contribution in [0.5, 0.6) is 0 Å². The van der Waals surface area contributed by atoms with E-state index in [1.54, 1.807) is 6.07 Å². The molecule has 0 aliphatic carbocycles. The second-order valence-electron chi connectivity index (χ2n) is 6.12. The average molecular weight is 347 g/mol. The van der Waals surface area contributed by atoms with Crippen LogP contribution in [0.2, 0.25) is 0 Å². The molecule has 0 spiro atoms. The molecule has 0 radical (unpaired) electrons. The van der Waals surface area contributed by atoms with Crippen LogP contribution in [0.3, 0.4) is 0 Å². The molecule has 1 aliphatic rings. The zero-order valence-corrected chi connectivity index (χ0v) is 14.0. The van der Waals surface area contributed by atoms with Crippen LogP contribution in [0, 0.1) is 5.92 Å². The number of carbonyl (C=O) groups excluding carboxylic acids is 3. The first kappa shape index (κ1) is 18.4. The van der Waals surface area contributed by atoms with Crippen LogP contribution >= 0.6 is 0 Å². The van der Waals surface area contributed by atoms with Gasteiger partial charge in [-0.25, -0.2) is 0 Å². The third-order valence-electron chi connectivity index (χ3n) is 4.24. The average Bonchev–Trinajstić information content (AvgIpc) is 2.61. The standard InChI is InChI=1S/C17H21N3O5/c1-19(16(23)12-5-2-4-11(8-12)15(18)22)10-14(21)20-7-3-6-13(9-20)17(24)25/h2,4-5,8,13H,3,6-7,9-10H2,1H3,(H2,18,22)(H,24,25). The van der Waals surface area contributed by atoms with Gasteiger partial charge in [0.15, 0.2) is 0 Å². The van der Waals surface area contributed by atoms with E-state index in [1.807, 2.05) is 0 Å². The SMILES string of the molecule is CN(CC(=O)N1CCCC(C(=O)O)C1)C(=O)c1cccc(C(N)=O)c1. The maximum atomic E-state index is 12.4. The van der Waals surface area contributed by atoms with Crippen molar-refractivity contribution in [2.45, 2.75) is 12.8 Å². The molecule has 3 N–H and O–H groups in total. The van der Waals surface area contributed by atoms with Crippen molar-refractivity contribution < 1.29 is 24.3 Å². The Labute approximate surface area is 145 Å². The van der Waals surface area contributed by atoms with E-state index < -0.39 is 23.7 Å². The van der Waals surface area contributed by atoms with Gasteiger partial charge in [-0.1, -0.05) is 6.07 Å². The summed E-state index contributed by atoms with van der Waals surface area (Å²) in [5.74, 6) is -2.83. The second-order valence-corrected chi connectivity index (χ2v) is 6.12. The first-order valence-corrected chi connectivity index (χ1v) is 7.95. The van der Waals surface area contributed by atoms with Gasteiger partial charge in [0.2, 0.25) is 11.8 Å². The van der Waals surface area contributed by atoms with Crippen molar-refractivity contribution in [3.63, 3.8) is 0 Å². The van der Waals surface area contributed by atoms with E-state index >= 15 is 0 Å². The number of primary amides is 1. The fraction of sp³-hybridized carbons (Fsp3) is 0.412. The Morgan fingerprint density at radius 2 is 1.96 bits per heavy atom. The van der Waals surface area contributed by atoms with Gasteiger partial charge >= 0.3 is 5.97 Å². The number of carboxylic acid groups (broad SMARTS) is 1. The highest BCUT2D eigenvalue weighted by Crippen LogP contribution is 2.17. The monoisotopic (exact) mass is 347 g/mol. The smallest absolute Gasteiger partial charge is 0.308 e. The maximum absolute atomic E-state index is 12.4. The summed E-state index contributed by atoms with van der Waals surface area (Å²) >= 11 is 0. The van der Waals surface area contributed by atoms with Crippen molar-refractivity contribution in [2.75, 3.05) is 26.7 Å². The third kappa shape index (κ3) is 4.56. The molecule has 1 heterocycles. The number of carboxylic acids is 1. The van der Waals surface area contributed by atoms with Crippen molar-refractivity contribution in [3.05, 3.63) is 35.4 Å². The zero-order chi connectivity index (χ0) is 18.6. The van der Waals surface area contributed by atoms with Gasteiger partial charge in [-0.05, 0) is 31.0 Å². The summed E-state index contributed by atoms with van der Waals surface area (Å²) < 4.78 is 0. The number of piperidine rings is 1. The van der Waals surface area contributed by atoms with Crippen LogP contribution < -0.4 is 5.73 Å². The molecular weight excluding hydrogens is 326 g/mol. The molecule has 0 saturated carbocycles. The fourth-order valence-corrected chi connectivity index (χ4v) is 2.81. The van der Waals surface area contributed by atoms with Crippen LogP contribution in [-0.2, 0) is 9.59 Å². The molecule has 0 bridgehead atoms. The minimum atomic E-state index is -0.912. The summed E-state index contributed by atoms with van der Waals surface area (Å²) in [6.45, 7) is 0.487. The minimum absolute atomic E-state index is 0.160. The number of hydrogen-bond acceptors (Lipinski definition) is 4. The van der Waals surface area contributed by atoms with E-state index in [1.165, 1.54) is 35.0 Å². The molecule has 134 valence electrons. The number of rotatable bonds is 5. The van der Waals surface area contributed by atoms with Gasteiger partial charge in [0.1, 0.15) is 0 Å². The molecule has 1 aliphatic heterocycles. The molecule has 2 rings (SSSR count). The molecule has 8 heteroatoms. The van der Waals surface area contributed by atoms with E-state index in [9.17, 15) is 19.2 Å². The van der Waals surface area contributed by atoms with Crippen LogP contribution in [0.15, 0.2) is 24.3 Å². The Balaban J connectivity index is 2.01. The lowest BCUT2D eigenvalue weighted by molar-refractivity contribution is -0.145. The van der Waals surface area contributed by atoms with E-state index in [0.29, 0.717) is 19.4 Å². The van der Waals surface area contributed by atoms with Crippen LogP contribution in [0.1, 0.15) is 33.6 Å². The normalized spacial score (nSPS) is 17.0. The summed E-state index contributed by atoms with van der Waals surface area (Å²) in [6.07, 6.45) is 1.18. The number of aliphatic carboxylic acids is 1. The van der Waals surface area contributed by atoms with E-state index in [-0.39, 0.29) is 30.1 Å². The van der Waals surface area contributed by atoms with Crippen molar-refractivity contribution in [2.24, 2.45) is 11.7 Å². The predicted molar refractivity (Wildman–Crippen MR) is 88.9 cm³/mol. The quantitative estimate of drug-likeness (QED) is 0.787. The molecule has 1 aromatic carbocycles. The molecule has 25 heavy (non-hydrogen) atoms. The highest BCUT2D eigenvalue weighted by Gasteiger charge is 2.29. The minimum Gasteiger partial charge on any atom is -0.481 e. The Morgan fingerprint density at radius 3 is 2.60 bits per heavy atom. The first-order chi connectivity index (χ1) is 11.8. The number of likely N-dealkylation sites (tertiary alicyclic amines) is 1. The summed E-state index contributed by atoms with van der Waals surface area (Å²) in [5.41, 5.74) is 5.67. The molecule has 1 atom stereocenters. The first-order valence-electron chi connectivity index (χ1n) is 7.95. The Hall–Kier alpha value is -2.90. The predicted octanol–water partition coefficient (Wildman–Crippen LogP) is 0.181. The third-order valence-corrected chi connectivity index (χ3v) is 4.24. The molecule has 1 fully saturated rings. The fourth-order valence-electron chi connectivity index (χ4n) is 2.81. The lowest BCUT2D eigenvalue weighted by Crippen LogP contribution is -2.46. The number of carbonyl (C=O) groups is 4. The number of benzene rings is 1. The molecule has 1 saturated heterocycles. The van der Waals surface area contributed by atoms with Gasteiger partial charge in [0, 0.05) is 31.3 Å². The van der Waals surface area contributed by atoms with Gasteiger partial charge < -0.3 is 20.6 Å². The van der Waals surface area contributed by atoms with E-state index in [2.05, 4.69) is 0 Å². The summed E-state index contributed by atoms with van der Waals surface area (Å²) in [6, 6.07) is 5.97. The lowest BCUT2D eigenvalue weighted by Gasteiger charge is -2.32. The van der Waals surface area contributed by atoms with Gasteiger partial charge in [-0.2, -0.15) is 0 Å². The molecule has 8 nitrogen and oxygen atoms in total. The number of nitrogens with two attached hydrogens (primary N) is 1. The molecular formula is C17H21N3O5. The van der Waals surface area contributed by atoms with Crippen molar-refractivity contribution in [3.8, 4) is 0 Å². The second kappa shape index (κ2) is 7.78. The summed E-state index contributed by atoms with van der Waals surface area (Å²) in [4.78, 5) is 49.8. The van der Waals surface area contributed by atoms with Crippen molar-refractivity contribution in [1.29, 1.82) is 0 Å². The molecule has 1 aromatic rings. The van der Waals surface area contributed by atoms with Crippen LogP contribution in [-0.4, -0.2) is 65.3 Å². The number of hydrogen-bond donors (Lipinski definition) is 2. The maximum Gasteiger partial charge on any atom is 0.308 e. The van der Waals surface area contributed by atoms with Gasteiger partial charge in [-0.15, -0.1) is 0 Å². The van der Waals surface area contributed by atoms with Crippen molar-refractivity contribution in [1.82, 2.24) is 9.80 Å². The molecule has 3 amide bonds. The highest BCUT2D eigenvalue weighted by molar-refractivity contribution is 6.00. The topological polar surface area (TPSA) is 121 Å². The highest BCUT2D eigenvalue weighted by atomic mass is 16.4. The number of nitrogens with zero attached hydrogens (tertiary/aromatic N) is 2. The molecule has 1 unspecified atom stereocenters. The van der Waals surface area contributed by atoms with Gasteiger partial charge in [0.25, 0.3) is 5.91 Å². The Morgan fingerprint density at radius 1 is 1.28 bits per heavy atom.